The first-order chi connectivity index (χ1) is 17.8. The molecule has 0 spiro atoms. The maximum absolute atomic E-state index is 11.6. The van der Waals surface area contributed by atoms with E-state index in [2.05, 4.69) is 0 Å². The van der Waals surface area contributed by atoms with E-state index < -0.39 is 23.0 Å². The second-order valence-electron chi connectivity index (χ2n) is 7.90. The first kappa shape index (κ1) is 26.9. The Morgan fingerprint density at radius 1 is 0.919 bits per heavy atom. The third kappa shape index (κ3) is 7.66. The summed E-state index contributed by atoms with van der Waals surface area (Å²) in [7, 11) is 0. The molecule has 0 radical (unpaired) electrons. The molecule has 192 valence electrons. The lowest BCUT2D eigenvalue weighted by Gasteiger charge is -2.15. The summed E-state index contributed by atoms with van der Waals surface area (Å²) in [6.07, 6.45) is 1.27. The monoisotopic (exact) mass is 505 g/mol. The molecule has 9 nitrogen and oxygen atoms in total. The van der Waals surface area contributed by atoms with Gasteiger partial charge in [-0.15, -0.1) is 0 Å². The van der Waals surface area contributed by atoms with E-state index >= 15 is 0 Å². The lowest BCUT2D eigenvalue weighted by molar-refractivity contribution is -0.384. The quantitative estimate of drug-likeness (QED) is 0.151. The van der Waals surface area contributed by atoms with E-state index in [0.717, 1.165) is 22.3 Å². The highest BCUT2D eigenvalue weighted by molar-refractivity contribution is 5.91. The summed E-state index contributed by atoms with van der Waals surface area (Å²) in [5, 5.41) is 20.3. The molecule has 0 fully saturated rings. The molecule has 1 unspecified atom stereocenters. The van der Waals surface area contributed by atoms with Crippen LogP contribution in [-0.2, 0) is 14.3 Å². The van der Waals surface area contributed by atoms with Crippen LogP contribution in [0.2, 0.25) is 0 Å². The number of non-ortho nitro benzene ring substituents is 1. The van der Waals surface area contributed by atoms with Crippen molar-refractivity contribution >= 4 is 29.3 Å². The van der Waals surface area contributed by atoms with E-state index in [-0.39, 0.29) is 18.9 Å². The van der Waals surface area contributed by atoms with Gasteiger partial charge in [-0.3, -0.25) is 10.1 Å². The minimum atomic E-state index is -1.03. The van der Waals surface area contributed by atoms with Gasteiger partial charge in [0.15, 0.2) is 12.7 Å². The Balaban J connectivity index is 1.91. The Kier molecular flexibility index (Phi) is 9.37. The molecule has 0 heterocycles. The zero-order valence-corrected chi connectivity index (χ0v) is 20.5. The van der Waals surface area contributed by atoms with Gasteiger partial charge in [0.2, 0.25) is 0 Å². The maximum Gasteiger partial charge on any atom is 0.344 e. The first-order valence-corrected chi connectivity index (χ1v) is 11.7. The minimum Gasteiger partial charge on any atom is -0.482 e. The van der Waals surface area contributed by atoms with Crippen molar-refractivity contribution in [2.24, 2.45) is 0 Å². The Labute approximate surface area is 214 Å². The molecular weight excluding hydrogens is 478 g/mol. The SMILES string of the molecule is CCOC(=O)COc1ccc(/C(=C/c2ccc([N+](=O)[O-])cc2)c2ccc(OC(CC)C(=O)O)cc2)cc1. The predicted octanol–water partition coefficient (Wildman–Crippen LogP) is 5.37. The zero-order chi connectivity index (χ0) is 26.8. The smallest absolute Gasteiger partial charge is 0.344 e. The molecule has 0 bridgehead atoms. The number of carbonyl (C=O) groups is 2. The Bertz CT molecular complexity index is 1250. The van der Waals surface area contributed by atoms with E-state index in [1.807, 2.05) is 30.3 Å². The number of nitro benzene ring substituents is 1. The van der Waals surface area contributed by atoms with Crippen molar-refractivity contribution in [3.8, 4) is 11.5 Å². The van der Waals surface area contributed by atoms with Gasteiger partial charge >= 0.3 is 11.9 Å². The van der Waals surface area contributed by atoms with E-state index in [1.165, 1.54) is 12.1 Å². The lowest BCUT2D eigenvalue weighted by Crippen LogP contribution is -2.25. The molecule has 0 aliphatic rings. The largest absolute Gasteiger partial charge is 0.482 e. The molecule has 3 aromatic carbocycles. The number of benzene rings is 3. The highest BCUT2D eigenvalue weighted by atomic mass is 16.6. The molecule has 0 saturated carbocycles. The number of hydrogen-bond donors (Lipinski definition) is 1. The molecule has 0 amide bonds. The van der Waals surface area contributed by atoms with E-state index in [1.54, 1.807) is 50.2 Å². The summed E-state index contributed by atoms with van der Waals surface area (Å²) in [5.41, 5.74) is 3.19. The van der Waals surface area contributed by atoms with Crippen LogP contribution in [0.5, 0.6) is 11.5 Å². The Hall–Kier alpha value is -4.66. The van der Waals surface area contributed by atoms with Crippen molar-refractivity contribution in [3.63, 3.8) is 0 Å². The average molecular weight is 506 g/mol. The van der Waals surface area contributed by atoms with Crippen LogP contribution in [0.3, 0.4) is 0 Å². The lowest BCUT2D eigenvalue weighted by atomic mass is 9.95. The fourth-order valence-electron chi connectivity index (χ4n) is 3.45. The van der Waals surface area contributed by atoms with Crippen LogP contribution in [0.25, 0.3) is 11.6 Å². The highest BCUT2D eigenvalue weighted by Gasteiger charge is 2.17. The topological polar surface area (TPSA) is 125 Å². The van der Waals surface area contributed by atoms with Crippen molar-refractivity contribution in [3.05, 3.63) is 99.6 Å². The molecule has 3 rings (SSSR count). The van der Waals surface area contributed by atoms with Crippen molar-refractivity contribution in [1.82, 2.24) is 0 Å². The summed E-state index contributed by atoms with van der Waals surface area (Å²) in [4.78, 5) is 33.4. The van der Waals surface area contributed by atoms with Crippen molar-refractivity contribution < 1.29 is 33.8 Å². The van der Waals surface area contributed by atoms with Gasteiger partial charge in [0.1, 0.15) is 11.5 Å². The number of carboxylic acids is 1. The number of nitro groups is 1. The molecule has 9 heteroatoms. The molecule has 1 N–H and O–H groups in total. The number of rotatable bonds is 12. The highest BCUT2D eigenvalue weighted by Crippen LogP contribution is 2.30. The van der Waals surface area contributed by atoms with Gasteiger partial charge in [-0.25, -0.2) is 9.59 Å². The van der Waals surface area contributed by atoms with E-state index in [4.69, 9.17) is 14.2 Å². The maximum atomic E-state index is 11.6. The predicted molar refractivity (Wildman–Crippen MR) is 137 cm³/mol. The Morgan fingerprint density at radius 2 is 1.49 bits per heavy atom. The van der Waals surface area contributed by atoms with E-state index in [9.17, 15) is 24.8 Å². The molecular formula is C28H27NO8. The van der Waals surface area contributed by atoms with E-state index in [0.29, 0.717) is 17.9 Å². The van der Waals surface area contributed by atoms with Crippen molar-refractivity contribution in [1.29, 1.82) is 0 Å². The summed E-state index contributed by atoms with van der Waals surface area (Å²) in [5.74, 6) is -0.568. The normalized spacial score (nSPS) is 11.9. The molecule has 3 aromatic rings. The molecule has 0 aliphatic heterocycles. The summed E-state index contributed by atoms with van der Waals surface area (Å²) < 4.78 is 15.9. The number of hydrogen-bond acceptors (Lipinski definition) is 7. The fraction of sp³-hybridized carbons (Fsp3) is 0.214. The second-order valence-corrected chi connectivity index (χ2v) is 7.90. The summed E-state index contributed by atoms with van der Waals surface area (Å²) in [6.45, 7) is 3.53. The molecule has 0 saturated heterocycles. The van der Waals surface area contributed by atoms with Gasteiger partial charge in [-0.1, -0.05) is 31.2 Å². The standard InChI is InChI=1S/C28H27NO8/c1-3-26(28(31)32)37-24-15-9-21(10-16-24)25(17-19-5-11-22(12-6-19)29(33)34)20-7-13-23(14-8-20)36-18-27(30)35-4-2/h5-17,26H,3-4,18H2,1-2H3,(H,31,32)/b25-17-. The summed E-state index contributed by atoms with van der Waals surface area (Å²) in [6, 6.07) is 20.3. The molecule has 0 aliphatic carbocycles. The molecule has 0 aromatic heterocycles. The average Bonchev–Trinajstić information content (AvgIpc) is 2.90. The minimum absolute atomic E-state index is 0.00721. The third-order valence-corrected chi connectivity index (χ3v) is 5.33. The van der Waals surface area contributed by atoms with Gasteiger partial charge in [0.05, 0.1) is 11.5 Å². The van der Waals surface area contributed by atoms with Gasteiger partial charge in [0.25, 0.3) is 5.69 Å². The van der Waals surface area contributed by atoms with Gasteiger partial charge < -0.3 is 19.3 Å². The fourth-order valence-corrected chi connectivity index (χ4v) is 3.45. The Morgan fingerprint density at radius 3 is 1.97 bits per heavy atom. The van der Waals surface area contributed by atoms with Crippen molar-refractivity contribution in [2.45, 2.75) is 26.4 Å². The van der Waals surface area contributed by atoms with Gasteiger partial charge in [0, 0.05) is 12.1 Å². The number of carboxylic acid groups (broad SMARTS) is 1. The van der Waals surface area contributed by atoms with Crippen molar-refractivity contribution in [2.75, 3.05) is 13.2 Å². The van der Waals surface area contributed by atoms with Crippen LogP contribution in [-0.4, -0.2) is 41.3 Å². The van der Waals surface area contributed by atoms with Crippen LogP contribution in [0.15, 0.2) is 72.8 Å². The summed E-state index contributed by atoms with van der Waals surface area (Å²) >= 11 is 0. The van der Waals surface area contributed by atoms with Crippen LogP contribution in [0, 0.1) is 10.1 Å². The number of ether oxygens (including phenoxy) is 3. The van der Waals surface area contributed by atoms with Gasteiger partial charge in [-0.2, -0.15) is 0 Å². The second kappa shape index (κ2) is 12.9. The number of nitrogens with zero attached hydrogens (tertiary/aromatic N) is 1. The van der Waals surface area contributed by atoms with Gasteiger partial charge in [-0.05, 0) is 78.1 Å². The van der Waals surface area contributed by atoms with Crippen LogP contribution in [0.4, 0.5) is 5.69 Å². The van der Waals surface area contributed by atoms with Crippen LogP contribution in [0.1, 0.15) is 37.0 Å². The zero-order valence-electron chi connectivity index (χ0n) is 20.5. The third-order valence-electron chi connectivity index (χ3n) is 5.33. The van der Waals surface area contributed by atoms with Crippen LogP contribution >= 0.6 is 0 Å². The number of esters is 1. The number of aliphatic carboxylic acids is 1. The van der Waals surface area contributed by atoms with Crippen LogP contribution < -0.4 is 9.47 Å². The molecule has 1 atom stereocenters. The first-order valence-electron chi connectivity index (χ1n) is 11.7. The number of carbonyl (C=O) groups excluding carboxylic acids is 1. The molecule has 37 heavy (non-hydrogen) atoms.